The van der Waals surface area contributed by atoms with Gasteiger partial charge in [-0.2, -0.15) is 0 Å². The van der Waals surface area contributed by atoms with Crippen molar-refractivity contribution in [3.05, 3.63) is 34.9 Å². The van der Waals surface area contributed by atoms with Gasteiger partial charge in [0.1, 0.15) is 6.04 Å². The molecule has 0 saturated carbocycles. The molecule has 0 fully saturated rings. The minimum atomic E-state index is -0.928. The van der Waals surface area contributed by atoms with Crippen LogP contribution in [0.1, 0.15) is 18.5 Å². The second-order valence-electron chi connectivity index (χ2n) is 3.64. The fourth-order valence-corrected chi connectivity index (χ4v) is 1.88. The van der Waals surface area contributed by atoms with Crippen molar-refractivity contribution in [1.82, 2.24) is 4.90 Å². The van der Waals surface area contributed by atoms with Crippen LogP contribution in [0.2, 0.25) is 5.02 Å². The molecule has 94 valence electrons. The van der Waals surface area contributed by atoms with E-state index >= 15 is 0 Å². The fourth-order valence-electron chi connectivity index (χ4n) is 1.75. The highest BCUT2D eigenvalue weighted by Crippen LogP contribution is 2.22. The lowest BCUT2D eigenvalue weighted by Crippen LogP contribution is -2.36. The van der Waals surface area contributed by atoms with Gasteiger partial charge in [-0.25, -0.2) is 0 Å². The number of rotatable bonds is 6. The number of halogens is 1. The molecule has 0 heterocycles. The fraction of sp³-hybridized carbons (Fsp3) is 0.417. The van der Waals surface area contributed by atoms with E-state index in [-0.39, 0.29) is 6.61 Å². The molecule has 0 aliphatic rings. The number of aliphatic carboxylic acids is 1. The van der Waals surface area contributed by atoms with Gasteiger partial charge in [-0.3, -0.25) is 9.69 Å². The Bertz CT molecular complexity index is 367. The van der Waals surface area contributed by atoms with Gasteiger partial charge >= 0.3 is 5.97 Å². The summed E-state index contributed by atoms with van der Waals surface area (Å²) in [5.41, 5.74) is 0.664. The highest BCUT2D eigenvalue weighted by molar-refractivity contribution is 6.30. The highest BCUT2D eigenvalue weighted by Gasteiger charge is 2.25. The number of carboxylic acid groups (broad SMARTS) is 1. The number of aliphatic hydroxyl groups excluding tert-OH is 1. The summed E-state index contributed by atoms with van der Waals surface area (Å²) in [4.78, 5) is 13.0. The SMILES string of the molecule is CCN(CCO)C(C(=O)O)c1ccc(Cl)cc1. The lowest BCUT2D eigenvalue weighted by Gasteiger charge is -2.27. The topological polar surface area (TPSA) is 60.8 Å². The van der Waals surface area contributed by atoms with Gasteiger partial charge in [0.25, 0.3) is 0 Å². The molecule has 1 atom stereocenters. The van der Waals surface area contributed by atoms with Crippen LogP contribution in [-0.2, 0) is 4.79 Å². The van der Waals surface area contributed by atoms with Crippen molar-refractivity contribution in [1.29, 1.82) is 0 Å². The molecule has 0 radical (unpaired) electrons. The van der Waals surface area contributed by atoms with E-state index in [0.717, 1.165) is 0 Å². The van der Waals surface area contributed by atoms with E-state index < -0.39 is 12.0 Å². The van der Waals surface area contributed by atoms with Crippen LogP contribution in [0.5, 0.6) is 0 Å². The van der Waals surface area contributed by atoms with Crippen LogP contribution in [0.3, 0.4) is 0 Å². The number of hydrogen-bond acceptors (Lipinski definition) is 3. The van der Waals surface area contributed by atoms with Crippen LogP contribution in [0, 0.1) is 0 Å². The molecule has 0 aliphatic heterocycles. The molecule has 1 aromatic carbocycles. The molecular weight excluding hydrogens is 242 g/mol. The van der Waals surface area contributed by atoms with Crippen molar-refractivity contribution in [2.75, 3.05) is 19.7 Å². The first kappa shape index (κ1) is 14.0. The standard InChI is InChI=1S/C12H16ClNO3/c1-2-14(7-8-15)11(12(16)17)9-3-5-10(13)6-4-9/h3-6,11,15H,2,7-8H2,1H3,(H,16,17). The summed E-state index contributed by atoms with van der Waals surface area (Å²) in [5.74, 6) is -0.928. The van der Waals surface area contributed by atoms with E-state index in [0.29, 0.717) is 23.7 Å². The Morgan fingerprint density at radius 3 is 2.41 bits per heavy atom. The van der Waals surface area contributed by atoms with Crippen molar-refractivity contribution in [3.8, 4) is 0 Å². The molecule has 0 saturated heterocycles. The molecule has 0 aromatic heterocycles. The first-order chi connectivity index (χ1) is 8.10. The molecule has 1 rings (SSSR count). The number of carbonyl (C=O) groups is 1. The third kappa shape index (κ3) is 3.70. The molecule has 17 heavy (non-hydrogen) atoms. The van der Waals surface area contributed by atoms with Gasteiger partial charge in [0.15, 0.2) is 0 Å². The second kappa shape index (κ2) is 6.59. The van der Waals surface area contributed by atoms with E-state index in [1.165, 1.54) is 0 Å². The van der Waals surface area contributed by atoms with Gasteiger partial charge in [-0.1, -0.05) is 30.7 Å². The minimum Gasteiger partial charge on any atom is -0.480 e. The number of carboxylic acids is 1. The van der Waals surface area contributed by atoms with Crippen LogP contribution in [0.25, 0.3) is 0 Å². The average molecular weight is 258 g/mol. The number of benzene rings is 1. The van der Waals surface area contributed by atoms with Gasteiger partial charge in [0, 0.05) is 11.6 Å². The van der Waals surface area contributed by atoms with Gasteiger partial charge < -0.3 is 10.2 Å². The van der Waals surface area contributed by atoms with E-state index in [1.54, 1.807) is 29.2 Å². The first-order valence-corrected chi connectivity index (χ1v) is 5.81. The lowest BCUT2D eigenvalue weighted by molar-refractivity contribution is -0.143. The molecule has 0 bridgehead atoms. The Hall–Kier alpha value is -1.10. The summed E-state index contributed by atoms with van der Waals surface area (Å²) in [7, 11) is 0. The largest absolute Gasteiger partial charge is 0.480 e. The van der Waals surface area contributed by atoms with E-state index in [1.807, 2.05) is 6.92 Å². The van der Waals surface area contributed by atoms with Crippen LogP contribution < -0.4 is 0 Å². The lowest BCUT2D eigenvalue weighted by atomic mass is 10.1. The van der Waals surface area contributed by atoms with Crippen LogP contribution in [0.15, 0.2) is 24.3 Å². The van der Waals surface area contributed by atoms with Crippen LogP contribution >= 0.6 is 11.6 Å². The Labute approximate surface area is 105 Å². The molecule has 0 amide bonds. The highest BCUT2D eigenvalue weighted by atomic mass is 35.5. The maximum absolute atomic E-state index is 11.3. The molecule has 4 nitrogen and oxygen atoms in total. The summed E-state index contributed by atoms with van der Waals surface area (Å²) in [5, 5.41) is 18.8. The van der Waals surface area contributed by atoms with Gasteiger partial charge in [-0.15, -0.1) is 0 Å². The Morgan fingerprint density at radius 2 is 2.00 bits per heavy atom. The van der Waals surface area contributed by atoms with Gasteiger partial charge in [0.05, 0.1) is 6.61 Å². The van der Waals surface area contributed by atoms with Crippen molar-refractivity contribution >= 4 is 17.6 Å². The predicted molar refractivity (Wildman–Crippen MR) is 66.2 cm³/mol. The first-order valence-electron chi connectivity index (χ1n) is 5.43. The molecular formula is C12H16ClNO3. The number of nitrogens with zero attached hydrogens (tertiary/aromatic N) is 1. The van der Waals surface area contributed by atoms with Crippen molar-refractivity contribution in [2.45, 2.75) is 13.0 Å². The Balaban J connectivity index is 2.99. The Kier molecular flexibility index (Phi) is 5.41. The summed E-state index contributed by atoms with van der Waals surface area (Å²) in [6, 6.07) is 5.98. The number of likely N-dealkylation sites (N-methyl/N-ethyl adjacent to an activating group) is 1. The summed E-state index contributed by atoms with van der Waals surface area (Å²) in [6.45, 7) is 2.68. The quantitative estimate of drug-likeness (QED) is 0.816. The third-order valence-corrected chi connectivity index (χ3v) is 2.83. The normalized spacial score (nSPS) is 12.7. The maximum atomic E-state index is 11.3. The van der Waals surface area contributed by atoms with Gasteiger partial charge in [-0.05, 0) is 24.2 Å². The molecule has 2 N–H and O–H groups in total. The zero-order valence-electron chi connectivity index (χ0n) is 9.64. The average Bonchev–Trinajstić information content (AvgIpc) is 2.30. The maximum Gasteiger partial charge on any atom is 0.325 e. The van der Waals surface area contributed by atoms with Crippen LogP contribution in [-0.4, -0.2) is 40.8 Å². The third-order valence-electron chi connectivity index (χ3n) is 2.58. The van der Waals surface area contributed by atoms with Crippen molar-refractivity contribution in [2.24, 2.45) is 0 Å². The van der Waals surface area contributed by atoms with Gasteiger partial charge in [0.2, 0.25) is 0 Å². The van der Waals surface area contributed by atoms with Crippen molar-refractivity contribution < 1.29 is 15.0 Å². The zero-order chi connectivity index (χ0) is 12.8. The van der Waals surface area contributed by atoms with E-state index in [4.69, 9.17) is 16.7 Å². The summed E-state index contributed by atoms with van der Waals surface area (Å²) < 4.78 is 0. The van der Waals surface area contributed by atoms with Crippen LogP contribution in [0.4, 0.5) is 0 Å². The molecule has 5 heteroatoms. The zero-order valence-corrected chi connectivity index (χ0v) is 10.4. The number of hydrogen-bond donors (Lipinski definition) is 2. The van der Waals surface area contributed by atoms with E-state index in [9.17, 15) is 9.90 Å². The molecule has 0 spiro atoms. The summed E-state index contributed by atoms with van der Waals surface area (Å²) in [6.07, 6.45) is 0. The minimum absolute atomic E-state index is 0.0643. The second-order valence-corrected chi connectivity index (χ2v) is 4.08. The van der Waals surface area contributed by atoms with E-state index in [2.05, 4.69) is 0 Å². The van der Waals surface area contributed by atoms with Crippen molar-refractivity contribution in [3.63, 3.8) is 0 Å². The Morgan fingerprint density at radius 1 is 1.41 bits per heavy atom. The smallest absolute Gasteiger partial charge is 0.325 e. The molecule has 1 unspecified atom stereocenters. The molecule has 0 aliphatic carbocycles. The molecule has 1 aromatic rings. The number of aliphatic hydroxyl groups is 1. The summed E-state index contributed by atoms with van der Waals surface area (Å²) >= 11 is 5.77. The monoisotopic (exact) mass is 257 g/mol. The predicted octanol–water partition coefficient (Wildman–Crippen LogP) is 1.78.